The highest BCUT2D eigenvalue weighted by Crippen LogP contribution is 2.23. The van der Waals surface area contributed by atoms with E-state index in [1.807, 2.05) is 12.1 Å². The number of fused-ring (bicyclic) bond motifs is 1. The fourth-order valence-electron chi connectivity index (χ4n) is 2.55. The number of nitrogens with one attached hydrogen (secondary N) is 1. The van der Waals surface area contributed by atoms with Gasteiger partial charge in [-0.15, -0.1) is 0 Å². The molecule has 8 heteroatoms. The number of carbonyl (C=O) groups excluding carboxylic acids is 1. The Kier molecular flexibility index (Phi) is 5.65. The minimum absolute atomic E-state index is 0.00686. The molecular formula is C19H20N4O4. The van der Waals surface area contributed by atoms with Crippen molar-refractivity contribution in [1.82, 2.24) is 14.7 Å². The van der Waals surface area contributed by atoms with E-state index in [2.05, 4.69) is 17.2 Å². The molecule has 0 saturated heterocycles. The van der Waals surface area contributed by atoms with Crippen LogP contribution in [0.3, 0.4) is 0 Å². The summed E-state index contributed by atoms with van der Waals surface area (Å²) in [6, 6.07) is 10.2. The molecule has 0 aliphatic rings. The Bertz CT molecular complexity index is 950. The summed E-state index contributed by atoms with van der Waals surface area (Å²) in [6.45, 7) is 2.69. The summed E-state index contributed by atoms with van der Waals surface area (Å²) in [5.41, 5.74) is 2.17. The van der Waals surface area contributed by atoms with Gasteiger partial charge in [0.05, 0.1) is 16.8 Å². The van der Waals surface area contributed by atoms with Gasteiger partial charge in [0.2, 0.25) is 0 Å². The average molecular weight is 368 g/mol. The van der Waals surface area contributed by atoms with Crippen LogP contribution in [0.4, 0.5) is 5.69 Å². The lowest BCUT2D eigenvalue weighted by molar-refractivity contribution is -0.385. The summed E-state index contributed by atoms with van der Waals surface area (Å²) in [5, 5.41) is 13.7. The largest absolute Gasteiger partial charge is 0.484 e. The Labute approximate surface area is 155 Å². The normalized spacial score (nSPS) is 10.7. The van der Waals surface area contributed by atoms with Crippen molar-refractivity contribution in [3.63, 3.8) is 0 Å². The number of pyridine rings is 1. The van der Waals surface area contributed by atoms with E-state index in [1.165, 1.54) is 12.3 Å². The van der Waals surface area contributed by atoms with E-state index < -0.39 is 4.92 Å². The Morgan fingerprint density at radius 1 is 1.22 bits per heavy atom. The smallest absolute Gasteiger partial charge is 0.286 e. The molecule has 27 heavy (non-hydrogen) atoms. The quantitative estimate of drug-likeness (QED) is 0.374. The number of hydrogen-bond donors (Lipinski definition) is 1. The SMILES string of the molecule is CCCCNC(=O)COc1ccc(-c2cn3cc([N+](=O)[O-])ccc3n2)cc1. The maximum absolute atomic E-state index is 11.7. The van der Waals surface area contributed by atoms with Gasteiger partial charge < -0.3 is 10.1 Å². The Hall–Kier alpha value is -3.42. The molecule has 140 valence electrons. The Balaban J connectivity index is 1.65. The second kappa shape index (κ2) is 8.31. The van der Waals surface area contributed by atoms with Gasteiger partial charge in [0.1, 0.15) is 11.4 Å². The molecule has 0 radical (unpaired) electrons. The molecule has 0 aliphatic heterocycles. The van der Waals surface area contributed by atoms with Crippen LogP contribution in [0, 0.1) is 10.1 Å². The van der Waals surface area contributed by atoms with Crippen LogP contribution in [0.5, 0.6) is 5.75 Å². The first kappa shape index (κ1) is 18.4. The van der Waals surface area contributed by atoms with E-state index in [9.17, 15) is 14.9 Å². The van der Waals surface area contributed by atoms with E-state index in [4.69, 9.17) is 4.74 Å². The zero-order valence-electron chi connectivity index (χ0n) is 14.9. The van der Waals surface area contributed by atoms with Gasteiger partial charge in [-0.25, -0.2) is 4.98 Å². The molecule has 1 N–H and O–H groups in total. The molecule has 0 saturated carbocycles. The predicted octanol–water partition coefficient (Wildman–Crippen LogP) is 3.20. The molecule has 0 unspecified atom stereocenters. The van der Waals surface area contributed by atoms with E-state index in [1.54, 1.807) is 28.8 Å². The third-order valence-electron chi connectivity index (χ3n) is 4.02. The molecule has 0 fully saturated rings. The first-order chi connectivity index (χ1) is 13.1. The van der Waals surface area contributed by atoms with Gasteiger partial charge in [0, 0.05) is 24.4 Å². The number of nitro groups is 1. The van der Waals surface area contributed by atoms with Crippen molar-refractivity contribution < 1.29 is 14.5 Å². The number of amides is 1. The lowest BCUT2D eigenvalue weighted by Gasteiger charge is -2.07. The summed E-state index contributed by atoms with van der Waals surface area (Å²) in [5.74, 6) is 0.443. The van der Waals surface area contributed by atoms with Crippen molar-refractivity contribution in [2.24, 2.45) is 0 Å². The molecule has 0 aliphatic carbocycles. The Morgan fingerprint density at radius 2 is 2.00 bits per heavy atom. The van der Waals surface area contributed by atoms with Gasteiger partial charge in [-0.05, 0) is 36.8 Å². The summed E-state index contributed by atoms with van der Waals surface area (Å²) in [7, 11) is 0. The lowest BCUT2D eigenvalue weighted by Crippen LogP contribution is -2.29. The summed E-state index contributed by atoms with van der Waals surface area (Å²) >= 11 is 0. The molecule has 1 amide bonds. The van der Waals surface area contributed by atoms with Crippen LogP contribution in [0.2, 0.25) is 0 Å². The van der Waals surface area contributed by atoms with Gasteiger partial charge in [-0.3, -0.25) is 19.3 Å². The second-order valence-electron chi connectivity index (χ2n) is 6.05. The highest BCUT2D eigenvalue weighted by atomic mass is 16.6. The zero-order chi connectivity index (χ0) is 19.2. The maximum atomic E-state index is 11.7. The van der Waals surface area contributed by atoms with Gasteiger partial charge in [0.25, 0.3) is 11.6 Å². The summed E-state index contributed by atoms with van der Waals surface area (Å²) in [6.07, 6.45) is 5.14. The van der Waals surface area contributed by atoms with Crippen LogP contribution in [-0.2, 0) is 4.79 Å². The molecule has 2 aromatic heterocycles. The number of imidazole rings is 1. The average Bonchev–Trinajstić information content (AvgIpc) is 3.10. The molecule has 0 atom stereocenters. The molecule has 1 aromatic carbocycles. The first-order valence-electron chi connectivity index (χ1n) is 8.70. The van der Waals surface area contributed by atoms with E-state index >= 15 is 0 Å². The predicted molar refractivity (Wildman–Crippen MR) is 101 cm³/mol. The minimum Gasteiger partial charge on any atom is -0.484 e. The Morgan fingerprint density at radius 3 is 2.70 bits per heavy atom. The fraction of sp³-hybridized carbons (Fsp3) is 0.263. The third kappa shape index (κ3) is 4.60. The number of aromatic nitrogens is 2. The molecule has 3 rings (SSSR count). The van der Waals surface area contributed by atoms with E-state index in [0.29, 0.717) is 23.6 Å². The highest BCUT2D eigenvalue weighted by molar-refractivity contribution is 5.77. The van der Waals surface area contributed by atoms with Crippen LogP contribution < -0.4 is 10.1 Å². The van der Waals surface area contributed by atoms with E-state index in [0.717, 1.165) is 18.4 Å². The van der Waals surface area contributed by atoms with Crippen molar-refractivity contribution in [3.8, 4) is 17.0 Å². The number of hydrogen-bond acceptors (Lipinski definition) is 5. The van der Waals surface area contributed by atoms with Crippen LogP contribution >= 0.6 is 0 Å². The number of nitrogens with zero attached hydrogens (tertiary/aromatic N) is 3. The number of rotatable bonds is 8. The van der Waals surface area contributed by atoms with Crippen LogP contribution in [0.15, 0.2) is 48.8 Å². The molecular weight excluding hydrogens is 348 g/mol. The molecule has 0 spiro atoms. The van der Waals surface area contributed by atoms with Gasteiger partial charge in [-0.2, -0.15) is 0 Å². The second-order valence-corrected chi connectivity index (χ2v) is 6.05. The van der Waals surface area contributed by atoms with Gasteiger partial charge >= 0.3 is 0 Å². The van der Waals surface area contributed by atoms with Crippen molar-refractivity contribution in [1.29, 1.82) is 0 Å². The number of benzene rings is 1. The molecule has 3 aromatic rings. The molecule has 0 bridgehead atoms. The van der Waals surface area contributed by atoms with E-state index in [-0.39, 0.29) is 18.2 Å². The topological polar surface area (TPSA) is 98.8 Å². The molecule has 2 heterocycles. The number of ether oxygens (including phenoxy) is 1. The van der Waals surface area contributed by atoms with Crippen molar-refractivity contribution >= 4 is 17.2 Å². The van der Waals surface area contributed by atoms with Gasteiger partial charge in [0.15, 0.2) is 6.61 Å². The third-order valence-corrected chi connectivity index (χ3v) is 4.02. The highest BCUT2D eigenvalue weighted by Gasteiger charge is 2.10. The van der Waals surface area contributed by atoms with Gasteiger partial charge in [-0.1, -0.05) is 13.3 Å². The number of carbonyl (C=O) groups is 1. The van der Waals surface area contributed by atoms with Crippen LogP contribution in [0.1, 0.15) is 19.8 Å². The first-order valence-corrected chi connectivity index (χ1v) is 8.70. The van der Waals surface area contributed by atoms with Crippen LogP contribution in [-0.4, -0.2) is 33.4 Å². The standard InChI is InChI=1S/C19H20N4O4/c1-2-3-10-20-19(24)13-27-16-7-4-14(5-8-16)17-12-22-11-15(23(25)26)6-9-18(22)21-17/h4-9,11-12H,2-3,10,13H2,1H3,(H,20,24). The van der Waals surface area contributed by atoms with Crippen molar-refractivity contribution in [2.45, 2.75) is 19.8 Å². The zero-order valence-corrected chi connectivity index (χ0v) is 14.9. The monoisotopic (exact) mass is 368 g/mol. The number of unbranched alkanes of at least 4 members (excludes halogenated alkanes) is 1. The fourth-order valence-corrected chi connectivity index (χ4v) is 2.55. The lowest BCUT2D eigenvalue weighted by atomic mass is 10.2. The van der Waals surface area contributed by atoms with Crippen molar-refractivity contribution in [2.75, 3.05) is 13.2 Å². The molecule has 8 nitrogen and oxygen atoms in total. The maximum Gasteiger partial charge on any atom is 0.286 e. The summed E-state index contributed by atoms with van der Waals surface area (Å²) in [4.78, 5) is 26.6. The van der Waals surface area contributed by atoms with Crippen LogP contribution in [0.25, 0.3) is 16.9 Å². The van der Waals surface area contributed by atoms with Crippen molar-refractivity contribution in [3.05, 3.63) is 58.9 Å². The minimum atomic E-state index is -0.441. The summed E-state index contributed by atoms with van der Waals surface area (Å²) < 4.78 is 7.10.